The molecule has 0 fully saturated rings. The van der Waals surface area contributed by atoms with Crippen LogP contribution in [0.1, 0.15) is 13.8 Å². The Morgan fingerprint density at radius 2 is 0.300 bits per heavy atom. The minimum atomic E-state index is 0.194. The standard InChI is InChI=1S/2C2H6O.8CH2Cl2/c2*1-2-3;8*2-1-3/h2*3H,2H2,1H3;8*1H2. The molecule has 0 aliphatic carbocycles. The van der Waals surface area contributed by atoms with Gasteiger partial charge in [0.1, 0.15) is 0 Å². The highest BCUT2D eigenvalue weighted by atomic mass is 35.6. The summed E-state index contributed by atoms with van der Waals surface area (Å²) < 4.78 is 0. The quantitative estimate of drug-likeness (QED) is 0.241. The van der Waals surface area contributed by atoms with Gasteiger partial charge < -0.3 is 10.2 Å². The molecule has 0 aliphatic rings. The average molecular weight is 772 g/mol. The molecule has 0 aromatic heterocycles. The van der Waals surface area contributed by atoms with Gasteiger partial charge in [-0.15, -0.1) is 186 Å². The SMILES string of the molecule is CCO.CCO.ClCCl.ClCCl.ClCCl.ClCCl.ClCCl.ClCCl.ClCCl.ClCCl. The van der Waals surface area contributed by atoms with Crippen molar-refractivity contribution in [1.82, 2.24) is 0 Å². The molecule has 200 valence electrons. The van der Waals surface area contributed by atoms with Crippen LogP contribution in [0.25, 0.3) is 0 Å². The molecule has 0 heterocycles. The van der Waals surface area contributed by atoms with E-state index in [-0.39, 0.29) is 55.9 Å². The lowest BCUT2D eigenvalue weighted by Gasteiger charge is -1.52. The van der Waals surface area contributed by atoms with Crippen molar-refractivity contribution in [3.8, 4) is 0 Å². The van der Waals surface area contributed by atoms with Crippen molar-refractivity contribution in [2.24, 2.45) is 0 Å². The molecule has 0 aromatic carbocycles. The van der Waals surface area contributed by atoms with Crippen molar-refractivity contribution in [2.75, 3.05) is 55.9 Å². The zero-order valence-corrected chi connectivity index (χ0v) is 28.1. The number of halogens is 16. The Morgan fingerprint density at radius 3 is 0.300 bits per heavy atom. The highest BCUT2D eigenvalue weighted by molar-refractivity contribution is 6.42. The van der Waals surface area contributed by atoms with E-state index < -0.39 is 0 Å². The second-order valence-electron chi connectivity index (χ2n) is 1.44. The van der Waals surface area contributed by atoms with E-state index in [1.54, 1.807) is 13.8 Å². The molecule has 18 heteroatoms. The molecule has 0 atom stereocenters. The fourth-order valence-corrected chi connectivity index (χ4v) is 0. The lowest BCUT2D eigenvalue weighted by molar-refractivity contribution is 0.318. The molecule has 0 aliphatic heterocycles. The summed E-state index contributed by atoms with van der Waals surface area (Å²) in [6.07, 6.45) is 0. The number of aliphatic hydroxyl groups is 2. The van der Waals surface area contributed by atoms with Crippen molar-refractivity contribution >= 4 is 186 Å². The second-order valence-corrected chi connectivity index (χ2v) is 7.91. The minimum absolute atomic E-state index is 0.194. The zero-order chi connectivity index (χ0) is 27.1. The minimum Gasteiger partial charge on any atom is -0.397 e. The summed E-state index contributed by atoms with van der Waals surface area (Å²) in [6, 6.07) is 0. The van der Waals surface area contributed by atoms with Crippen LogP contribution in [0, 0.1) is 0 Å². The molecule has 0 spiro atoms. The Bertz CT molecular complexity index is 71.4. The van der Waals surface area contributed by atoms with Crippen LogP contribution >= 0.6 is 186 Å². The van der Waals surface area contributed by atoms with Gasteiger partial charge in [-0.2, -0.15) is 0 Å². The van der Waals surface area contributed by atoms with Crippen LogP contribution in [0.2, 0.25) is 0 Å². The molecular formula is C12H28Cl16O2. The molecule has 30 heavy (non-hydrogen) atoms. The fraction of sp³-hybridized carbons (Fsp3) is 1.00. The van der Waals surface area contributed by atoms with Crippen LogP contribution in [0.4, 0.5) is 0 Å². The first-order valence-corrected chi connectivity index (χ1v) is 14.9. The predicted molar refractivity (Wildman–Crippen MR) is 158 cm³/mol. The smallest absolute Gasteiger partial charge is 0.0967 e. The second kappa shape index (κ2) is 168. The van der Waals surface area contributed by atoms with Gasteiger partial charge in [0.25, 0.3) is 0 Å². The van der Waals surface area contributed by atoms with Crippen LogP contribution in [-0.4, -0.2) is 66.1 Å². The molecule has 0 amide bonds. The van der Waals surface area contributed by atoms with Crippen LogP contribution in [-0.2, 0) is 0 Å². The van der Waals surface area contributed by atoms with Crippen molar-refractivity contribution in [1.29, 1.82) is 0 Å². The monoisotopic (exact) mass is 764 g/mol. The Labute approximate surface area is 262 Å². The summed E-state index contributed by atoms with van der Waals surface area (Å²) in [7, 11) is 0. The molecule has 2 nitrogen and oxygen atoms in total. The third-order valence-electron chi connectivity index (χ3n) is 0. The zero-order valence-electron chi connectivity index (χ0n) is 16.0. The van der Waals surface area contributed by atoms with Gasteiger partial charge in [-0.05, 0) is 13.8 Å². The van der Waals surface area contributed by atoms with E-state index >= 15 is 0 Å². The molecule has 0 rings (SSSR count). The van der Waals surface area contributed by atoms with Crippen LogP contribution in [0.3, 0.4) is 0 Å². The lowest BCUT2D eigenvalue weighted by Crippen LogP contribution is -1.57. The van der Waals surface area contributed by atoms with E-state index in [1.807, 2.05) is 0 Å². The van der Waals surface area contributed by atoms with E-state index in [0.29, 0.717) is 0 Å². The van der Waals surface area contributed by atoms with Gasteiger partial charge in [0.2, 0.25) is 0 Å². The molecule has 0 bridgehead atoms. The number of hydrogen-bond acceptors (Lipinski definition) is 2. The van der Waals surface area contributed by atoms with Crippen LogP contribution in [0.5, 0.6) is 0 Å². The number of alkyl halides is 16. The summed E-state index contributed by atoms with van der Waals surface area (Å²) in [5, 5.41) is 16.7. The van der Waals surface area contributed by atoms with Gasteiger partial charge in [-0.25, -0.2) is 0 Å². The topological polar surface area (TPSA) is 40.5 Å². The molecule has 0 saturated heterocycles. The summed E-state index contributed by atoms with van der Waals surface area (Å²) in [4.78, 5) is 0. The third kappa shape index (κ3) is 1560. The first-order valence-electron chi connectivity index (χ1n) is 6.32. The van der Waals surface area contributed by atoms with Gasteiger partial charge >= 0.3 is 0 Å². The van der Waals surface area contributed by atoms with Gasteiger partial charge in [0.15, 0.2) is 0 Å². The number of hydrogen-bond donors (Lipinski definition) is 2. The first-order chi connectivity index (χ1) is 14.1. The molecular weight excluding hydrogens is 743 g/mol. The van der Waals surface area contributed by atoms with E-state index in [9.17, 15) is 0 Å². The Morgan fingerprint density at radius 1 is 0.300 bits per heavy atom. The molecule has 2 N–H and O–H groups in total. The number of aliphatic hydroxyl groups excluding tert-OH is 2. The Balaban J connectivity index is -0.0000000185. The molecule has 0 radical (unpaired) electrons. The highest BCUT2D eigenvalue weighted by Gasteiger charge is 1.43. The summed E-state index contributed by atoms with van der Waals surface area (Å²) in [5.41, 5.74) is 0. The van der Waals surface area contributed by atoms with Crippen molar-refractivity contribution in [2.45, 2.75) is 13.8 Å². The molecule has 0 saturated carbocycles. The van der Waals surface area contributed by atoms with Gasteiger partial charge in [0.05, 0.1) is 42.7 Å². The van der Waals surface area contributed by atoms with Gasteiger partial charge in [-0.3, -0.25) is 0 Å². The molecule has 0 unspecified atom stereocenters. The summed E-state index contributed by atoms with van der Waals surface area (Å²) >= 11 is 76.2. The van der Waals surface area contributed by atoms with Crippen molar-refractivity contribution in [3.63, 3.8) is 0 Å². The maximum Gasteiger partial charge on any atom is 0.0967 e. The highest BCUT2D eigenvalue weighted by Crippen LogP contribution is 1.75. The summed E-state index contributed by atoms with van der Waals surface area (Å²) in [6.45, 7) is 3.86. The van der Waals surface area contributed by atoms with E-state index in [2.05, 4.69) is 0 Å². The van der Waals surface area contributed by atoms with Crippen molar-refractivity contribution < 1.29 is 10.2 Å². The first kappa shape index (κ1) is 64.5. The Kier molecular flexibility index (Phi) is 361. The van der Waals surface area contributed by atoms with Gasteiger partial charge in [-0.1, -0.05) is 0 Å². The largest absolute Gasteiger partial charge is 0.397 e. The van der Waals surface area contributed by atoms with Gasteiger partial charge in [0, 0.05) is 13.2 Å². The van der Waals surface area contributed by atoms with Crippen LogP contribution < -0.4 is 0 Å². The van der Waals surface area contributed by atoms with Crippen LogP contribution in [0.15, 0.2) is 0 Å². The van der Waals surface area contributed by atoms with E-state index in [4.69, 9.17) is 196 Å². The fourth-order valence-electron chi connectivity index (χ4n) is 0. The lowest BCUT2D eigenvalue weighted by atomic mass is 10.9. The van der Waals surface area contributed by atoms with E-state index in [0.717, 1.165) is 0 Å². The third-order valence-corrected chi connectivity index (χ3v) is 0. The van der Waals surface area contributed by atoms with E-state index in [1.165, 1.54) is 0 Å². The normalized spacial score (nSPS) is 6.00. The molecule has 0 aromatic rings. The average Bonchev–Trinajstić information content (AvgIpc) is 2.61. The number of rotatable bonds is 0. The predicted octanol–water partition coefficient (Wildman–Crippen LogP) is 11.4. The Hall–Kier alpha value is 4.56. The maximum atomic E-state index is 7.57. The maximum absolute atomic E-state index is 7.57. The van der Waals surface area contributed by atoms with Crippen molar-refractivity contribution in [3.05, 3.63) is 0 Å². The summed E-state index contributed by atoms with van der Waals surface area (Å²) in [5.74, 6) is 0.